The van der Waals surface area contributed by atoms with Gasteiger partial charge >= 0.3 is 0 Å². The largest absolute Gasteiger partial charge is 0.489 e. The molecular weight excluding hydrogens is 520 g/mol. The van der Waals surface area contributed by atoms with Gasteiger partial charge in [0, 0.05) is 67.1 Å². The second-order valence-corrected chi connectivity index (χ2v) is 13.0. The van der Waals surface area contributed by atoms with Crippen molar-refractivity contribution in [3.05, 3.63) is 92.3 Å². The topological polar surface area (TPSA) is 99.0 Å². The molecule has 0 bridgehead atoms. The van der Waals surface area contributed by atoms with Crippen molar-refractivity contribution in [2.75, 3.05) is 20.3 Å². The first-order valence-electron chi connectivity index (χ1n) is 14.1. The highest BCUT2D eigenvalue weighted by atomic mass is 16.6. The highest BCUT2D eigenvalue weighted by Crippen LogP contribution is 2.54. The van der Waals surface area contributed by atoms with Gasteiger partial charge < -0.3 is 14.4 Å². The van der Waals surface area contributed by atoms with Crippen LogP contribution >= 0.6 is 0 Å². The van der Waals surface area contributed by atoms with Gasteiger partial charge in [-0.3, -0.25) is 19.7 Å². The van der Waals surface area contributed by atoms with Crippen LogP contribution in [0.4, 0.5) is 5.69 Å². The Hall–Kier alpha value is -3.78. The maximum Gasteiger partial charge on any atom is 0.269 e. The first-order chi connectivity index (χ1) is 19.4. The summed E-state index contributed by atoms with van der Waals surface area (Å²) in [5, 5.41) is 11.1. The number of nitrogens with zero attached hydrogens (tertiary/aromatic N) is 2. The molecule has 1 heterocycles. The van der Waals surface area contributed by atoms with Crippen molar-refractivity contribution >= 4 is 17.3 Å². The predicted molar refractivity (Wildman–Crippen MR) is 155 cm³/mol. The molecule has 0 saturated carbocycles. The van der Waals surface area contributed by atoms with Crippen LogP contribution in [0.5, 0.6) is 5.75 Å². The molecule has 0 N–H and O–H groups in total. The number of carbonyl (C=O) groups is 2. The summed E-state index contributed by atoms with van der Waals surface area (Å²) in [6, 6.07) is 13.9. The number of rotatable bonds is 8. The van der Waals surface area contributed by atoms with Gasteiger partial charge in [-0.05, 0) is 46.9 Å². The molecule has 0 radical (unpaired) electrons. The lowest BCUT2D eigenvalue weighted by molar-refractivity contribution is -0.384. The quantitative estimate of drug-likeness (QED) is 0.269. The lowest BCUT2D eigenvalue weighted by atomic mass is 9.63. The molecule has 0 amide bonds. The van der Waals surface area contributed by atoms with Crippen LogP contribution in [0.25, 0.3) is 0 Å². The van der Waals surface area contributed by atoms with Crippen LogP contribution in [0.3, 0.4) is 0 Å². The number of nitro benzene ring substituents is 1. The molecule has 1 aliphatic heterocycles. The van der Waals surface area contributed by atoms with Crippen LogP contribution in [0.2, 0.25) is 0 Å². The molecule has 2 aliphatic carbocycles. The van der Waals surface area contributed by atoms with Crippen LogP contribution in [-0.2, 0) is 20.9 Å². The van der Waals surface area contributed by atoms with Gasteiger partial charge in [-0.2, -0.15) is 0 Å². The third kappa shape index (κ3) is 5.84. The number of benzene rings is 2. The molecular formula is C33H38N2O6. The second kappa shape index (κ2) is 10.9. The van der Waals surface area contributed by atoms with Crippen molar-refractivity contribution in [2.24, 2.45) is 10.8 Å². The van der Waals surface area contributed by atoms with Crippen LogP contribution in [0.15, 0.2) is 71.1 Å². The first-order valence-corrected chi connectivity index (χ1v) is 14.1. The zero-order valence-electron chi connectivity index (χ0n) is 24.5. The number of hydrogen-bond donors (Lipinski definition) is 0. The molecule has 216 valence electrons. The van der Waals surface area contributed by atoms with Gasteiger partial charge in [0.15, 0.2) is 11.6 Å². The normalized spacial score (nSPS) is 20.2. The molecule has 5 rings (SSSR count). The Balaban J connectivity index is 1.53. The van der Waals surface area contributed by atoms with E-state index in [0.717, 1.165) is 40.9 Å². The van der Waals surface area contributed by atoms with Crippen LogP contribution in [0, 0.1) is 20.9 Å². The third-order valence-corrected chi connectivity index (χ3v) is 8.28. The van der Waals surface area contributed by atoms with Crippen molar-refractivity contribution in [1.82, 2.24) is 4.90 Å². The van der Waals surface area contributed by atoms with E-state index in [1.165, 1.54) is 12.1 Å². The summed E-state index contributed by atoms with van der Waals surface area (Å²) in [6.45, 7) is 9.80. The number of allylic oxidation sites excluding steroid dienone is 4. The van der Waals surface area contributed by atoms with Crippen LogP contribution in [0.1, 0.15) is 70.4 Å². The minimum atomic E-state index is -0.424. The Morgan fingerprint density at radius 2 is 1.49 bits per heavy atom. The smallest absolute Gasteiger partial charge is 0.269 e. The second-order valence-electron chi connectivity index (χ2n) is 13.0. The minimum Gasteiger partial charge on any atom is -0.489 e. The zero-order chi connectivity index (χ0) is 29.5. The summed E-state index contributed by atoms with van der Waals surface area (Å²) in [7, 11) is 1.67. The summed E-state index contributed by atoms with van der Waals surface area (Å²) in [6.07, 6.45) is 2.38. The molecule has 0 fully saturated rings. The molecule has 8 heteroatoms. The molecule has 0 aromatic heterocycles. The van der Waals surface area contributed by atoms with Crippen molar-refractivity contribution < 1.29 is 24.0 Å². The number of Topliss-reactive ketones (excluding diaryl/α,β-unsaturated/α-hetero) is 2. The summed E-state index contributed by atoms with van der Waals surface area (Å²) in [5.41, 5.74) is 4.75. The van der Waals surface area contributed by atoms with E-state index in [9.17, 15) is 19.7 Å². The molecule has 0 spiro atoms. The molecule has 41 heavy (non-hydrogen) atoms. The number of hydrogen-bond acceptors (Lipinski definition) is 7. The van der Waals surface area contributed by atoms with E-state index >= 15 is 0 Å². The van der Waals surface area contributed by atoms with Gasteiger partial charge in [0.2, 0.25) is 0 Å². The fourth-order valence-electron chi connectivity index (χ4n) is 6.52. The average molecular weight is 559 g/mol. The standard InChI is InChI=1S/C33H38N2O6/c1-32(2)16-25-30(27(36)18-32)29(31-26(34(25)13-14-40-5)17-33(3,4)19-28(31)37)22-9-11-24(12-10-22)41-20-21-7-6-8-23(15-21)35(38)39/h6-12,15,29H,13-14,16-20H2,1-5H3. The SMILES string of the molecule is COCCN1C2=C(C(=O)CC(C)(C)C2)C(c2ccc(OCc3cccc([N+](=O)[O-])c3)cc2)C2=C1CC(C)(C)CC2=O. The van der Waals surface area contributed by atoms with Gasteiger partial charge in [0.05, 0.1) is 11.5 Å². The van der Waals surface area contributed by atoms with Crippen molar-refractivity contribution in [1.29, 1.82) is 0 Å². The minimum absolute atomic E-state index is 0.0205. The Kier molecular flexibility index (Phi) is 7.64. The van der Waals surface area contributed by atoms with Gasteiger partial charge in [-0.25, -0.2) is 0 Å². The number of methoxy groups -OCH3 is 1. The van der Waals surface area contributed by atoms with Crippen molar-refractivity contribution in [3.63, 3.8) is 0 Å². The fraction of sp³-hybridized carbons (Fsp3) is 0.455. The molecule has 2 aromatic carbocycles. The highest BCUT2D eigenvalue weighted by molar-refractivity contribution is 6.06. The van der Waals surface area contributed by atoms with E-state index in [4.69, 9.17) is 9.47 Å². The Bertz CT molecular complexity index is 1400. The predicted octanol–water partition coefficient (Wildman–Crippen LogP) is 6.51. The van der Waals surface area contributed by atoms with E-state index in [1.54, 1.807) is 19.2 Å². The van der Waals surface area contributed by atoms with E-state index in [0.29, 0.717) is 37.3 Å². The summed E-state index contributed by atoms with van der Waals surface area (Å²) >= 11 is 0. The van der Waals surface area contributed by atoms with E-state index in [2.05, 4.69) is 32.6 Å². The Labute approximate surface area is 241 Å². The van der Waals surface area contributed by atoms with Gasteiger partial charge in [-0.1, -0.05) is 52.0 Å². The summed E-state index contributed by atoms with van der Waals surface area (Å²) in [5.74, 6) is 0.378. The summed E-state index contributed by atoms with van der Waals surface area (Å²) in [4.78, 5) is 40.6. The Morgan fingerprint density at radius 1 is 0.902 bits per heavy atom. The van der Waals surface area contributed by atoms with Crippen molar-refractivity contribution in [2.45, 2.75) is 65.9 Å². The molecule has 0 unspecified atom stereocenters. The Morgan fingerprint density at radius 3 is 2.02 bits per heavy atom. The van der Waals surface area contributed by atoms with Gasteiger partial charge in [-0.15, -0.1) is 0 Å². The van der Waals surface area contributed by atoms with E-state index < -0.39 is 10.8 Å². The zero-order valence-corrected chi connectivity index (χ0v) is 24.5. The molecule has 0 saturated heterocycles. The third-order valence-electron chi connectivity index (χ3n) is 8.28. The van der Waals surface area contributed by atoms with E-state index in [1.807, 2.05) is 24.3 Å². The fourth-order valence-corrected chi connectivity index (χ4v) is 6.52. The number of nitro groups is 1. The molecule has 0 atom stereocenters. The number of ketones is 2. The maximum absolute atomic E-state index is 13.8. The summed E-state index contributed by atoms with van der Waals surface area (Å²) < 4.78 is 11.4. The number of carbonyl (C=O) groups excluding carboxylic acids is 2. The van der Waals surface area contributed by atoms with E-state index in [-0.39, 0.29) is 34.7 Å². The van der Waals surface area contributed by atoms with Crippen LogP contribution in [-0.4, -0.2) is 41.7 Å². The highest BCUT2D eigenvalue weighted by Gasteiger charge is 2.48. The van der Waals surface area contributed by atoms with Gasteiger partial charge in [0.25, 0.3) is 5.69 Å². The average Bonchev–Trinajstić information content (AvgIpc) is 2.89. The lowest BCUT2D eigenvalue weighted by Crippen LogP contribution is -2.45. The maximum atomic E-state index is 13.8. The first kappa shape index (κ1) is 28.7. The van der Waals surface area contributed by atoms with Gasteiger partial charge in [0.1, 0.15) is 12.4 Å². The van der Waals surface area contributed by atoms with Crippen molar-refractivity contribution in [3.8, 4) is 5.75 Å². The monoisotopic (exact) mass is 558 g/mol. The number of non-ortho nitro benzene ring substituents is 1. The lowest BCUT2D eigenvalue weighted by Gasteiger charge is -2.49. The van der Waals surface area contributed by atoms with Crippen LogP contribution < -0.4 is 4.74 Å². The number of ether oxygens (including phenoxy) is 2. The molecule has 8 nitrogen and oxygen atoms in total. The molecule has 2 aromatic rings. The molecule has 3 aliphatic rings.